The van der Waals surface area contributed by atoms with E-state index in [9.17, 15) is 38.4 Å². The van der Waals surface area contributed by atoms with Crippen molar-refractivity contribution in [3.05, 3.63) is 144 Å². The summed E-state index contributed by atoms with van der Waals surface area (Å²) in [7, 11) is 0. The van der Waals surface area contributed by atoms with Gasteiger partial charge in [0.2, 0.25) is 35.4 Å². The summed E-state index contributed by atoms with van der Waals surface area (Å²) in [5, 5.41) is 23.1. The standard InChI is InChI=1S/C70H102N8O10/c1-49(2)41-57(73-65(81)59(43-51(5)6)75-67(83)61(45-53-31-21-17-22-32-53)77-69(85)87-47-55-35-25-19-26-36-55)63(79)71-39-29-15-13-11-9-10-12-14-16-30-40-72-64(80)58(42-50(3)4)74-66(82)60(44-52(7)8)76-68(84)62(46-54-33-23-18-24-34-54)78-70(86)88-48-56-37-27-20-28-38-56/h17-28,31-38,49-52,57-62H,9-16,29-30,39-48H2,1-8H3,(H,71,79)(H,72,80)(H,73,81)(H,74,82)(H,75,83)(H,76,84)(H,77,85)(H,78,86)/t57-,58-,59-,60-,61-,62-/m0/s1. The molecule has 88 heavy (non-hydrogen) atoms. The number of amides is 8. The summed E-state index contributed by atoms with van der Waals surface area (Å²) in [4.78, 5) is 109. The Morgan fingerprint density at radius 2 is 0.534 bits per heavy atom. The first-order chi connectivity index (χ1) is 42.3. The fourth-order valence-corrected chi connectivity index (χ4v) is 10.2. The summed E-state index contributed by atoms with van der Waals surface area (Å²) >= 11 is 0. The van der Waals surface area contributed by atoms with E-state index in [1.54, 1.807) is 0 Å². The van der Waals surface area contributed by atoms with Gasteiger partial charge >= 0.3 is 12.2 Å². The van der Waals surface area contributed by atoms with Crippen LogP contribution in [0.1, 0.15) is 168 Å². The molecular formula is C70H102N8O10. The molecular weight excluding hydrogens is 1110 g/mol. The molecule has 0 unspecified atom stereocenters. The van der Waals surface area contributed by atoms with Gasteiger partial charge in [0.05, 0.1) is 0 Å². The number of nitrogens with one attached hydrogen (secondary N) is 8. The van der Waals surface area contributed by atoms with Crippen molar-refractivity contribution in [1.29, 1.82) is 0 Å². The van der Waals surface area contributed by atoms with E-state index in [2.05, 4.69) is 42.5 Å². The van der Waals surface area contributed by atoms with Crippen LogP contribution < -0.4 is 42.5 Å². The van der Waals surface area contributed by atoms with Crippen LogP contribution in [0.3, 0.4) is 0 Å². The summed E-state index contributed by atoms with van der Waals surface area (Å²) in [5.41, 5.74) is 3.23. The Bertz CT molecular complexity index is 2500. The molecule has 0 bridgehead atoms. The zero-order valence-corrected chi connectivity index (χ0v) is 53.5. The SMILES string of the molecule is CC(C)C[C@H](NC(=O)[C@H](CC(C)C)NC(=O)[C@H](Cc1ccccc1)NC(=O)OCc1ccccc1)C(=O)NCCCCCCCCCCCCNC(=O)[C@H](CC(C)C)NC(=O)[C@H](CC(C)C)NC(=O)[C@H](Cc1ccccc1)NC(=O)OCc1ccccc1. The maximum Gasteiger partial charge on any atom is 0.408 e. The maximum absolute atomic E-state index is 14.0. The first-order valence-corrected chi connectivity index (χ1v) is 32.0. The van der Waals surface area contributed by atoms with Crippen molar-refractivity contribution < 1.29 is 47.8 Å². The van der Waals surface area contributed by atoms with Crippen LogP contribution in [0, 0.1) is 23.7 Å². The molecule has 0 aliphatic carbocycles. The Labute approximate surface area is 523 Å². The zero-order chi connectivity index (χ0) is 64.1. The molecule has 0 heterocycles. The molecule has 4 rings (SSSR count). The van der Waals surface area contributed by atoms with Crippen LogP contribution in [0.15, 0.2) is 121 Å². The fourth-order valence-electron chi connectivity index (χ4n) is 10.2. The minimum Gasteiger partial charge on any atom is -0.445 e. The summed E-state index contributed by atoms with van der Waals surface area (Å²) in [5.74, 6) is -2.29. The second-order valence-electron chi connectivity index (χ2n) is 24.8. The van der Waals surface area contributed by atoms with E-state index in [1.165, 1.54) is 0 Å². The molecule has 482 valence electrons. The molecule has 0 radical (unpaired) electrons. The van der Waals surface area contributed by atoms with Gasteiger partial charge in [-0.2, -0.15) is 0 Å². The lowest BCUT2D eigenvalue weighted by atomic mass is 9.99. The van der Waals surface area contributed by atoms with E-state index >= 15 is 0 Å². The first kappa shape index (κ1) is 72.7. The Balaban J connectivity index is 1.15. The van der Waals surface area contributed by atoms with Crippen LogP contribution in [-0.2, 0) is 64.3 Å². The van der Waals surface area contributed by atoms with Gasteiger partial charge in [0.1, 0.15) is 49.5 Å². The monoisotopic (exact) mass is 1210 g/mol. The number of rotatable bonds is 41. The summed E-state index contributed by atoms with van der Waals surface area (Å²) in [6.45, 7) is 16.8. The molecule has 18 nitrogen and oxygen atoms in total. The smallest absolute Gasteiger partial charge is 0.408 e. The Morgan fingerprint density at radius 1 is 0.295 bits per heavy atom. The highest BCUT2D eigenvalue weighted by atomic mass is 16.6. The van der Waals surface area contributed by atoms with E-state index in [4.69, 9.17) is 9.47 Å². The van der Waals surface area contributed by atoms with E-state index in [0.717, 1.165) is 86.5 Å². The quantitative estimate of drug-likeness (QED) is 0.0195. The van der Waals surface area contributed by atoms with Crippen molar-refractivity contribution in [3.8, 4) is 0 Å². The van der Waals surface area contributed by atoms with E-state index in [-0.39, 0.29) is 61.5 Å². The number of hydrogen-bond donors (Lipinski definition) is 8. The van der Waals surface area contributed by atoms with Gasteiger partial charge in [-0.3, -0.25) is 28.8 Å². The molecule has 0 aliphatic heterocycles. The van der Waals surface area contributed by atoms with Crippen LogP contribution in [0.2, 0.25) is 0 Å². The van der Waals surface area contributed by atoms with Crippen molar-refractivity contribution in [2.75, 3.05) is 13.1 Å². The van der Waals surface area contributed by atoms with Gasteiger partial charge in [0, 0.05) is 25.9 Å². The third kappa shape index (κ3) is 30.7. The summed E-state index contributed by atoms with van der Waals surface area (Å²) in [6.07, 6.45) is 10.2. The van der Waals surface area contributed by atoms with Gasteiger partial charge in [0.15, 0.2) is 0 Å². The second kappa shape index (κ2) is 41.4. The van der Waals surface area contributed by atoms with Gasteiger partial charge in [0.25, 0.3) is 0 Å². The predicted octanol–water partition coefficient (Wildman–Crippen LogP) is 10.3. The number of carbonyl (C=O) groups is 8. The first-order valence-electron chi connectivity index (χ1n) is 32.0. The highest BCUT2D eigenvalue weighted by molar-refractivity contribution is 5.95. The third-order valence-electron chi connectivity index (χ3n) is 14.8. The van der Waals surface area contributed by atoms with Crippen molar-refractivity contribution in [1.82, 2.24) is 42.5 Å². The Morgan fingerprint density at radius 3 is 0.807 bits per heavy atom. The number of benzene rings is 4. The molecule has 18 heteroatoms. The molecule has 0 saturated carbocycles. The second-order valence-corrected chi connectivity index (χ2v) is 24.8. The van der Waals surface area contributed by atoms with Gasteiger partial charge in [-0.25, -0.2) is 9.59 Å². The number of ether oxygens (including phenoxy) is 2. The largest absolute Gasteiger partial charge is 0.445 e. The predicted molar refractivity (Wildman–Crippen MR) is 345 cm³/mol. The van der Waals surface area contributed by atoms with Crippen LogP contribution in [0.5, 0.6) is 0 Å². The third-order valence-corrected chi connectivity index (χ3v) is 14.8. The highest BCUT2D eigenvalue weighted by Crippen LogP contribution is 2.16. The van der Waals surface area contributed by atoms with E-state index in [0.29, 0.717) is 38.8 Å². The van der Waals surface area contributed by atoms with Gasteiger partial charge in [-0.1, -0.05) is 228 Å². The Kier molecular flexibility index (Phi) is 34.2. The average molecular weight is 1220 g/mol. The van der Waals surface area contributed by atoms with E-state index < -0.39 is 72.1 Å². The fraction of sp³-hybridized carbons (Fsp3) is 0.543. The van der Waals surface area contributed by atoms with Gasteiger partial charge in [-0.05, 0) is 84.5 Å². The highest BCUT2D eigenvalue weighted by Gasteiger charge is 2.33. The molecule has 4 aromatic rings. The molecule has 8 amide bonds. The molecule has 6 atom stereocenters. The van der Waals surface area contributed by atoms with Crippen molar-refractivity contribution >= 4 is 47.6 Å². The zero-order valence-electron chi connectivity index (χ0n) is 53.5. The minimum atomic E-state index is -1.04. The lowest BCUT2D eigenvalue weighted by Crippen LogP contribution is -2.57. The molecule has 8 N–H and O–H groups in total. The van der Waals surface area contributed by atoms with Gasteiger partial charge in [-0.15, -0.1) is 0 Å². The van der Waals surface area contributed by atoms with Crippen LogP contribution in [0.25, 0.3) is 0 Å². The molecule has 0 aromatic heterocycles. The number of carbonyl (C=O) groups excluding carboxylic acids is 8. The molecule has 0 fully saturated rings. The number of alkyl carbamates (subject to hydrolysis) is 2. The summed E-state index contributed by atoms with van der Waals surface area (Å²) < 4.78 is 10.9. The topological polar surface area (TPSA) is 251 Å². The minimum absolute atomic E-state index is 0.0269. The van der Waals surface area contributed by atoms with Crippen LogP contribution in [-0.4, -0.2) is 97.0 Å². The van der Waals surface area contributed by atoms with Crippen LogP contribution >= 0.6 is 0 Å². The summed E-state index contributed by atoms with van der Waals surface area (Å²) in [6, 6.07) is 31.4. The molecule has 0 spiro atoms. The number of unbranched alkanes of at least 4 members (excludes halogenated alkanes) is 9. The average Bonchev–Trinajstić information content (AvgIpc) is 3.71. The van der Waals surface area contributed by atoms with Gasteiger partial charge < -0.3 is 52.0 Å². The van der Waals surface area contributed by atoms with Crippen molar-refractivity contribution in [2.45, 2.75) is 208 Å². The lowest BCUT2D eigenvalue weighted by molar-refractivity contribution is -0.133. The Hall–Kier alpha value is -7.76. The molecule has 4 aromatic carbocycles. The maximum atomic E-state index is 14.0. The molecule has 0 aliphatic rings. The normalized spacial score (nSPS) is 13.3. The van der Waals surface area contributed by atoms with Crippen molar-refractivity contribution in [2.24, 2.45) is 23.7 Å². The van der Waals surface area contributed by atoms with Crippen LogP contribution in [0.4, 0.5) is 9.59 Å². The number of hydrogen-bond acceptors (Lipinski definition) is 10. The molecule has 0 saturated heterocycles. The lowest BCUT2D eigenvalue weighted by Gasteiger charge is -2.27. The van der Waals surface area contributed by atoms with E-state index in [1.807, 2.05) is 177 Å². The van der Waals surface area contributed by atoms with Crippen molar-refractivity contribution in [3.63, 3.8) is 0 Å².